The van der Waals surface area contributed by atoms with Crippen molar-refractivity contribution in [2.45, 2.75) is 26.1 Å². The maximum atomic E-state index is 12.8. The van der Waals surface area contributed by atoms with Crippen molar-refractivity contribution in [3.8, 4) is 0 Å². The van der Waals surface area contributed by atoms with Crippen molar-refractivity contribution in [1.82, 2.24) is 20.3 Å². The van der Waals surface area contributed by atoms with E-state index in [-0.39, 0.29) is 30.9 Å². The number of hydrogen-bond donors (Lipinski definition) is 2. The minimum Gasteiger partial charge on any atom is -0.348 e. The molecule has 0 spiro atoms. The lowest BCUT2D eigenvalue weighted by Gasteiger charge is -2.14. The van der Waals surface area contributed by atoms with E-state index in [1.807, 2.05) is 6.92 Å². The van der Waals surface area contributed by atoms with Crippen LogP contribution in [-0.4, -0.2) is 20.9 Å². The fraction of sp³-hybridized carbons (Fsp3) is 0.308. The van der Waals surface area contributed by atoms with Gasteiger partial charge in [-0.25, -0.2) is 9.07 Å². The van der Waals surface area contributed by atoms with Gasteiger partial charge in [0.1, 0.15) is 12.4 Å². The Morgan fingerprint density at radius 3 is 2.75 bits per heavy atom. The van der Waals surface area contributed by atoms with Gasteiger partial charge in [-0.2, -0.15) is 0 Å². The molecule has 1 aromatic heterocycles. The second-order valence-electron chi connectivity index (χ2n) is 4.45. The molecule has 2 rings (SSSR count). The van der Waals surface area contributed by atoms with E-state index < -0.39 is 0 Å². The molecule has 2 aromatic rings. The van der Waals surface area contributed by atoms with Crippen LogP contribution in [0, 0.1) is 5.82 Å². The van der Waals surface area contributed by atoms with Crippen molar-refractivity contribution in [1.29, 1.82) is 0 Å². The average Bonchev–Trinajstić information content (AvgIpc) is 2.86. The zero-order chi connectivity index (χ0) is 14.5. The Balaban J connectivity index is 1.92. The van der Waals surface area contributed by atoms with Gasteiger partial charge >= 0.3 is 0 Å². The van der Waals surface area contributed by atoms with Crippen LogP contribution in [0.2, 0.25) is 0 Å². The highest BCUT2D eigenvalue weighted by atomic mass is 19.1. The SMILES string of the molecule is CC(NC(=O)Cn1cc(CN)nn1)c1ccc(F)cc1. The van der Waals surface area contributed by atoms with Gasteiger partial charge in [0.05, 0.1) is 17.9 Å². The topological polar surface area (TPSA) is 85.8 Å². The number of amides is 1. The van der Waals surface area contributed by atoms with Crippen LogP contribution in [0.15, 0.2) is 30.5 Å². The van der Waals surface area contributed by atoms with Crippen LogP contribution in [0.5, 0.6) is 0 Å². The molecule has 0 aliphatic carbocycles. The van der Waals surface area contributed by atoms with E-state index in [0.29, 0.717) is 5.69 Å². The molecule has 1 atom stereocenters. The van der Waals surface area contributed by atoms with Gasteiger partial charge in [0.15, 0.2) is 0 Å². The highest BCUT2D eigenvalue weighted by molar-refractivity contribution is 5.76. The Morgan fingerprint density at radius 1 is 1.45 bits per heavy atom. The minimum atomic E-state index is -0.302. The lowest BCUT2D eigenvalue weighted by Crippen LogP contribution is -2.30. The molecule has 0 aliphatic heterocycles. The van der Waals surface area contributed by atoms with Gasteiger partial charge in [0.2, 0.25) is 5.91 Å². The summed E-state index contributed by atoms with van der Waals surface area (Å²) in [6.07, 6.45) is 1.63. The number of benzene rings is 1. The molecule has 3 N–H and O–H groups in total. The third-order valence-electron chi connectivity index (χ3n) is 2.85. The molecule has 1 aromatic carbocycles. The monoisotopic (exact) mass is 277 g/mol. The summed E-state index contributed by atoms with van der Waals surface area (Å²) in [6, 6.07) is 5.80. The zero-order valence-electron chi connectivity index (χ0n) is 11.1. The predicted molar refractivity (Wildman–Crippen MR) is 70.9 cm³/mol. The first-order valence-corrected chi connectivity index (χ1v) is 6.22. The number of rotatable bonds is 5. The average molecular weight is 277 g/mol. The molecular weight excluding hydrogens is 261 g/mol. The predicted octanol–water partition coefficient (Wildman–Crippen LogP) is 0.753. The fourth-order valence-electron chi connectivity index (χ4n) is 1.78. The molecule has 0 bridgehead atoms. The number of carbonyl (C=O) groups is 1. The molecule has 0 saturated carbocycles. The van der Waals surface area contributed by atoms with Gasteiger partial charge < -0.3 is 11.1 Å². The van der Waals surface area contributed by atoms with Crippen LogP contribution < -0.4 is 11.1 Å². The Morgan fingerprint density at radius 2 is 2.15 bits per heavy atom. The first-order valence-electron chi connectivity index (χ1n) is 6.22. The van der Waals surface area contributed by atoms with Gasteiger partial charge in [0.25, 0.3) is 0 Å². The molecule has 106 valence electrons. The van der Waals surface area contributed by atoms with E-state index in [0.717, 1.165) is 5.56 Å². The summed E-state index contributed by atoms with van der Waals surface area (Å²) in [5.41, 5.74) is 6.88. The number of nitrogens with one attached hydrogen (secondary N) is 1. The van der Waals surface area contributed by atoms with E-state index in [4.69, 9.17) is 5.73 Å². The van der Waals surface area contributed by atoms with Crippen molar-refractivity contribution in [2.75, 3.05) is 0 Å². The Bertz CT molecular complexity index is 581. The van der Waals surface area contributed by atoms with Gasteiger partial charge in [-0.1, -0.05) is 17.3 Å². The molecule has 0 aliphatic rings. The minimum absolute atomic E-state index is 0.0680. The molecule has 20 heavy (non-hydrogen) atoms. The second-order valence-corrected chi connectivity index (χ2v) is 4.45. The summed E-state index contributed by atoms with van der Waals surface area (Å²) in [5, 5.41) is 10.4. The summed E-state index contributed by atoms with van der Waals surface area (Å²) < 4.78 is 14.2. The van der Waals surface area contributed by atoms with Crippen molar-refractivity contribution in [3.63, 3.8) is 0 Å². The molecule has 0 radical (unpaired) electrons. The molecule has 1 heterocycles. The van der Waals surface area contributed by atoms with Crippen LogP contribution in [0.4, 0.5) is 4.39 Å². The number of hydrogen-bond acceptors (Lipinski definition) is 4. The summed E-state index contributed by atoms with van der Waals surface area (Å²) in [4.78, 5) is 11.9. The van der Waals surface area contributed by atoms with Crippen molar-refractivity contribution < 1.29 is 9.18 Å². The van der Waals surface area contributed by atoms with Crippen LogP contribution in [0.1, 0.15) is 24.2 Å². The van der Waals surface area contributed by atoms with E-state index in [1.165, 1.54) is 16.8 Å². The van der Waals surface area contributed by atoms with Gasteiger partial charge in [0, 0.05) is 6.54 Å². The third kappa shape index (κ3) is 3.61. The quantitative estimate of drug-likeness (QED) is 0.844. The van der Waals surface area contributed by atoms with E-state index in [2.05, 4.69) is 15.6 Å². The van der Waals surface area contributed by atoms with Crippen LogP contribution in [-0.2, 0) is 17.9 Å². The Labute approximate surface area is 115 Å². The number of nitrogens with zero attached hydrogens (tertiary/aromatic N) is 3. The van der Waals surface area contributed by atoms with Gasteiger partial charge in [-0.15, -0.1) is 5.10 Å². The zero-order valence-corrected chi connectivity index (χ0v) is 11.1. The molecule has 6 nitrogen and oxygen atoms in total. The van der Waals surface area contributed by atoms with Crippen LogP contribution >= 0.6 is 0 Å². The summed E-state index contributed by atoms with van der Waals surface area (Å²) in [7, 11) is 0. The first-order chi connectivity index (χ1) is 9.58. The number of carbonyl (C=O) groups excluding carboxylic acids is 1. The number of halogens is 1. The van der Waals surface area contributed by atoms with E-state index in [1.54, 1.807) is 18.3 Å². The maximum absolute atomic E-state index is 12.8. The smallest absolute Gasteiger partial charge is 0.242 e. The molecule has 1 unspecified atom stereocenters. The highest BCUT2D eigenvalue weighted by Crippen LogP contribution is 2.12. The first kappa shape index (κ1) is 14.1. The Kier molecular flexibility index (Phi) is 4.41. The third-order valence-corrected chi connectivity index (χ3v) is 2.85. The maximum Gasteiger partial charge on any atom is 0.242 e. The summed E-state index contributed by atoms with van der Waals surface area (Å²) in [6.45, 7) is 2.18. The lowest BCUT2D eigenvalue weighted by molar-refractivity contribution is -0.122. The van der Waals surface area contributed by atoms with Crippen molar-refractivity contribution in [2.24, 2.45) is 5.73 Å². The largest absolute Gasteiger partial charge is 0.348 e. The molecule has 1 amide bonds. The van der Waals surface area contributed by atoms with Gasteiger partial charge in [-0.3, -0.25) is 4.79 Å². The number of aromatic nitrogens is 3. The van der Waals surface area contributed by atoms with Crippen molar-refractivity contribution >= 4 is 5.91 Å². The fourth-order valence-corrected chi connectivity index (χ4v) is 1.78. The standard InChI is InChI=1S/C13H16FN5O/c1-9(10-2-4-11(14)5-3-10)16-13(20)8-19-7-12(6-15)17-18-19/h2-5,7,9H,6,8,15H2,1H3,(H,16,20). The van der Waals surface area contributed by atoms with E-state index in [9.17, 15) is 9.18 Å². The molecular formula is C13H16FN5O. The summed E-state index contributed by atoms with van der Waals surface area (Å²) >= 11 is 0. The normalized spacial score (nSPS) is 12.2. The molecule has 0 saturated heterocycles. The molecule has 0 fully saturated rings. The van der Waals surface area contributed by atoms with E-state index >= 15 is 0 Å². The molecule has 7 heteroatoms. The van der Waals surface area contributed by atoms with Crippen LogP contribution in [0.25, 0.3) is 0 Å². The van der Waals surface area contributed by atoms with Crippen molar-refractivity contribution in [3.05, 3.63) is 47.5 Å². The number of nitrogens with two attached hydrogens (primary N) is 1. The summed E-state index contributed by atoms with van der Waals surface area (Å²) in [5.74, 6) is -0.500. The Hall–Kier alpha value is -2.28. The van der Waals surface area contributed by atoms with Crippen LogP contribution in [0.3, 0.4) is 0 Å². The highest BCUT2D eigenvalue weighted by Gasteiger charge is 2.11. The second kappa shape index (κ2) is 6.25. The van der Waals surface area contributed by atoms with Gasteiger partial charge in [-0.05, 0) is 24.6 Å². The lowest BCUT2D eigenvalue weighted by atomic mass is 10.1.